The van der Waals surface area contributed by atoms with Gasteiger partial charge in [0.1, 0.15) is 16.4 Å². The molecule has 0 bridgehead atoms. The minimum atomic E-state index is -3.70. The van der Waals surface area contributed by atoms with E-state index < -0.39 is 10.0 Å². The highest BCUT2D eigenvalue weighted by Crippen LogP contribution is 2.29. The second-order valence-electron chi connectivity index (χ2n) is 5.25. The second-order valence-corrected chi connectivity index (χ2v) is 6.98. The van der Waals surface area contributed by atoms with E-state index in [1.807, 2.05) is 38.1 Å². The largest absolute Gasteiger partial charge is 0.496 e. The van der Waals surface area contributed by atoms with Crippen molar-refractivity contribution in [2.45, 2.75) is 25.3 Å². The van der Waals surface area contributed by atoms with Gasteiger partial charge in [0.05, 0.1) is 14.2 Å². The minimum Gasteiger partial charge on any atom is -0.496 e. The average molecular weight is 335 g/mol. The Morgan fingerprint density at radius 2 is 1.74 bits per heavy atom. The zero-order chi connectivity index (χ0) is 17.0. The molecule has 0 aliphatic rings. The van der Waals surface area contributed by atoms with Crippen molar-refractivity contribution in [2.75, 3.05) is 14.2 Å². The van der Waals surface area contributed by atoms with Gasteiger partial charge in [0.2, 0.25) is 10.0 Å². The number of ether oxygens (including phenoxy) is 2. The van der Waals surface area contributed by atoms with Gasteiger partial charge in [-0.3, -0.25) is 0 Å². The lowest BCUT2D eigenvalue weighted by atomic mass is 10.1. The molecular formula is C17H21NO4S. The zero-order valence-electron chi connectivity index (χ0n) is 13.7. The van der Waals surface area contributed by atoms with E-state index in [9.17, 15) is 8.42 Å². The van der Waals surface area contributed by atoms with Crippen LogP contribution >= 0.6 is 0 Å². The van der Waals surface area contributed by atoms with Gasteiger partial charge in [0.15, 0.2) is 0 Å². The molecule has 0 atom stereocenters. The molecule has 124 valence electrons. The molecule has 0 saturated carbocycles. The van der Waals surface area contributed by atoms with Gasteiger partial charge in [-0.15, -0.1) is 0 Å². The molecule has 0 radical (unpaired) electrons. The van der Waals surface area contributed by atoms with Gasteiger partial charge in [-0.1, -0.05) is 24.3 Å². The summed E-state index contributed by atoms with van der Waals surface area (Å²) in [5, 5.41) is 0. The Balaban J connectivity index is 2.33. The summed E-state index contributed by atoms with van der Waals surface area (Å²) in [7, 11) is -0.677. The van der Waals surface area contributed by atoms with E-state index in [4.69, 9.17) is 9.47 Å². The van der Waals surface area contributed by atoms with Crippen LogP contribution in [0.5, 0.6) is 11.5 Å². The van der Waals surface area contributed by atoms with Gasteiger partial charge in [-0.05, 0) is 37.1 Å². The van der Waals surface area contributed by atoms with Gasteiger partial charge >= 0.3 is 0 Å². The fourth-order valence-electron chi connectivity index (χ4n) is 2.48. The predicted octanol–water partition coefficient (Wildman–Crippen LogP) is 2.80. The smallest absolute Gasteiger partial charge is 0.244 e. The lowest BCUT2D eigenvalue weighted by Crippen LogP contribution is -2.24. The number of nitrogens with one attached hydrogen (secondary N) is 1. The maximum absolute atomic E-state index is 12.7. The van der Waals surface area contributed by atoms with Crippen LogP contribution < -0.4 is 14.2 Å². The maximum Gasteiger partial charge on any atom is 0.244 e. The maximum atomic E-state index is 12.7. The van der Waals surface area contributed by atoms with E-state index in [-0.39, 0.29) is 11.4 Å². The van der Waals surface area contributed by atoms with Crippen molar-refractivity contribution in [2.24, 2.45) is 0 Å². The van der Waals surface area contributed by atoms with Crippen molar-refractivity contribution in [1.29, 1.82) is 0 Å². The summed E-state index contributed by atoms with van der Waals surface area (Å²) in [6, 6.07) is 10.8. The number of sulfonamides is 1. The standard InChI is InChI=1S/C17H21NO4S/c1-12-9-13(2)17(22-4)16(10-12)23(19,20)18-11-14-7-5-6-8-15(14)21-3/h5-10,18H,11H2,1-4H3. The molecule has 2 aromatic rings. The Labute approximate surface area is 137 Å². The highest BCUT2D eigenvalue weighted by Gasteiger charge is 2.21. The second kappa shape index (κ2) is 7.02. The molecule has 6 heteroatoms. The molecule has 1 N–H and O–H groups in total. The molecular weight excluding hydrogens is 314 g/mol. The Hall–Kier alpha value is -2.05. The summed E-state index contributed by atoms with van der Waals surface area (Å²) in [6.07, 6.45) is 0. The van der Waals surface area contributed by atoms with E-state index in [1.165, 1.54) is 7.11 Å². The predicted molar refractivity (Wildman–Crippen MR) is 89.5 cm³/mol. The Morgan fingerprint density at radius 3 is 2.39 bits per heavy atom. The molecule has 0 heterocycles. The lowest BCUT2D eigenvalue weighted by molar-refractivity contribution is 0.398. The topological polar surface area (TPSA) is 64.6 Å². The van der Waals surface area contributed by atoms with Crippen LogP contribution in [-0.4, -0.2) is 22.6 Å². The van der Waals surface area contributed by atoms with E-state index >= 15 is 0 Å². The van der Waals surface area contributed by atoms with Crippen molar-refractivity contribution in [3.8, 4) is 11.5 Å². The van der Waals surface area contributed by atoms with Crippen LogP contribution in [0.4, 0.5) is 0 Å². The minimum absolute atomic E-state index is 0.141. The van der Waals surface area contributed by atoms with Gasteiger partial charge in [0.25, 0.3) is 0 Å². The van der Waals surface area contributed by atoms with Crippen molar-refractivity contribution < 1.29 is 17.9 Å². The highest BCUT2D eigenvalue weighted by molar-refractivity contribution is 7.89. The molecule has 0 aromatic heterocycles. The number of methoxy groups -OCH3 is 2. The number of benzene rings is 2. The van der Waals surface area contributed by atoms with E-state index in [1.54, 1.807) is 19.2 Å². The van der Waals surface area contributed by atoms with Crippen LogP contribution in [0.3, 0.4) is 0 Å². The van der Waals surface area contributed by atoms with Crippen LogP contribution in [0.2, 0.25) is 0 Å². The Morgan fingerprint density at radius 1 is 1.04 bits per heavy atom. The van der Waals surface area contributed by atoms with Crippen molar-refractivity contribution in [3.63, 3.8) is 0 Å². The summed E-state index contributed by atoms with van der Waals surface area (Å²) < 4.78 is 38.4. The normalized spacial score (nSPS) is 11.3. The SMILES string of the molecule is COc1ccccc1CNS(=O)(=O)c1cc(C)cc(C)c1OC. The Kier molecular flexibility index (Phi) is 5.28. The third-order valence-corrected chi connectivity index (χ3v) is 4.93. The molecule has 0 unspecified atom stereocenters. The number of rotatable bonds is 6. The van der Waals surface area contributed by atoms with Gasteiger partial charge in [0, 0.05) is 12.1 Å². The van der Waals surface area contributed by atoms with Crippen LogP contribution in [0.1, 0.15) is 16.7 Å². The molecule has 2 rings (SSSR count). The third kappa shape index (κ3) is 3.83. The molecule has 2 aromatic carbocycles. The van der Waals surface area contributed by atoms with Gasteiger partial charge < -0.3 is 9.47 Å². The summed E-state index contributed by atoms with van der Waals surface area (Å²) in [6.45, 7) is 3.82. The summed E-state index contributed by atoms with van der Waals surface area (Å²) in [5.41, 5.74) is 2.41. The van der Waals surface area contributed by atoms with Gasteiger partial charge in [-0.2, -0.15) is 0 Å². The quantitative estimate of drug-likeness (QED) is 0.882. The molecule has 0 saturated heterocycles. The zero-order valence-corrected chi connectivity index (χ0v) is 14.5. The number of para-hydroxylation sites is 1. The van der Waals surface area contributed by atoms with E-state index in [2.05, 4.69) is 4.72 Å². The molecule has 0 aliphatic heterocycles. The molecule has 0 spiro atoms. The average Bonchev–Trinajstić information content (AvgIpc) is 2.52. The number of aryl methyl sites for hydroxylation is 2. The molecule has 0 amide bonds. The van der Waals surface area contributed by atoms with E-state index in [0.29, 0.717) is 11.5 Å². The van der Waals surface area contributed by atoms with Crippen LogP contribution in [0, 0.1) is 13.8 Å². The first-order valence-corrected chi connectivity index (χ1v) is 8.64. The van der Waals surface area contributed by atoms with Crippen LogP contribution in [0.15, 0.2) is 41.3 Å². The van der Waals surface area contributed by atoms with Crippen LogP contribution in [0.25, 0.3) is 0 Å². The summed E-state index contributed by atoms with van der Waals surface area (Å²) in [5.74, 6) is 1.01. The van der Waals surface area contributed by atoms with Crippen molar-refractivity contribution in [1.82, 2.24) is 4.72 Å². The summed E-state index contributed by atoms with van der Waals surface area (Å²) in [4.78, 5) is 0.146. The first-order valence-electron chi connectivity index (χ1n) is 7.16. The lowest BCUT2D eigenvalue weighted by Gasteiger charge is -2.15. The molecule has 5 nitrogen and oxygen atoms in total. The fourth-order valence-corrected chi connectivity index (χ4v) is 3.81. The fraction of sp³-hybridized carbons (Fsp3) is 0.294. The van der Waals surface area contributed by atoms with Crippen molar-refractivity contribution >= 4 is 10.0 Å². The van der Waals surface area contributed by atoms with E-state index in [0.717, 1.165) is 16.7 Å². The first-order chi connectivity index (χ1) is 10.9. The highest BCUT2D eigenvalue weighted by atomic mass is 32.2. The van der Waals surface area contributed by atoms with Crippen molar-refractivity contribution in [3.05, 3.63) is 53.1 Å². The molecule has 0 aliphatic carbocycles. The number of hydrogen-bond acceptors (Lipinski definition) is 4. The first kappa shape index (κ1) is 17.3. The Bertz CT molecular complexity index is 800. The summed E-state index contributed by atoms with van der Waals surface area (Å²) >= 11 is 0. The van der Waals surface area contributed by atoms with Crippen LogP contribution in [-0.2, 0) is 16.6 Å². The molecule has 0 fully saturated rings. The molecule has 23 heavy (non-hydrogen) atoms. The number of hydrogen-bond donors (Lipinski definition) is 1. The third-order valence-electron chi connectivity index (χ3n) is 3.52. The monoisotopic (exact) mass is 335 g/mol. The van der Waals surface area contributed by atoms with Gasteiger partial charge in [-0.25, -0.2) is 13.1 Å².